The van der Waals surface area contributed by atoms with Gasteiger partial charge < -0.3 is 11.1 Å². The van der Waals surface area contributed by atoms with Gasteiger partial charge in [-0.25, -0.2) is 0 Å². The summed E-state index contributed by atoms with van der Waals surface area (Å²) in [5, 5.41) is 3.51. The lowest BCUT2D eigenvalue weighted by Crippen LogP contribution is -2.28. The van der Waals surface area contributed by atoms with Crippen LogP contribution in [0.25, 0.3) is 0 Å². The normalized spacial score (nSPS) is 21.0. The van der Waals surface area contributed by atoms with Crippen LogP contribution in [0.2, 0.25) is 0 Å². The van der Waals surface area contributed by atoms with Crippen molar-refractivity contribution >= 4 is 0 Å². The van der Waals surface area contributed by atoms with Gasteiger partial charge in [0.25, 0.3) is 0 Å². The lowest BCUT2D eigenvalue weighted by atomic mass is 9.89. The maximum absolute atomic E-state index is 6.24. The molecule has 2 aliphatic rings. The van der Waals surface area contributed by atoms with Crippen LogP contribution in [-0.2, 0) is 12.8 Å². The minimum atomic E-state index is 0.155. The van der Waals surface area contributed by atoms with Crippen molar-refractivity contribution < 1.29 is 0 Å². The summed E-state index contributed by atoms with van der Waals surface area (Å²) in [5.74, 6) is 0. The van der Waals surface area contributed by atoms with Crippen LogP contribution in [0.5, 0.6) is 0 Å². The highest BCUT2D eigenvalue weighted by molar-refractivity contribution is 5.35. The van der Waals surface area contributed by atoms with Crippen LogP contribution in [0.3, 0.4) is 0 Å². The average Bonchev–Trinajstić information content (AvgIpc) is 3.19. The molecule has 0 aliphatic heterocycles. The largest absolute Gasteiger partial charge is 0.323 e. The van der Waals surface area contributed by atoms with Crippen molar-refractivity contribution in [1.82, 2.24) is 5.32 Å². The average molecular weight is 230 g/mol. The van der Waals surface area contributed by atoms with Crippen LogP contribution in [0.4, 0.5) is 0 Å². The zero-order chi connectivity index (χ0) is 11.7. The van der Waals surface area contributed by atoms with Gasteiger partial charge in [0, 0.05) is 18.6 Å². The summed E-state index contributed by atoms with van der Waals surface area (Å²) >= 11 is 0. The fourth-order valence-corrected chi connectivity index (χ4v) is 2.68. The number of fused-ring (bicyclic) bond motifs is 1. The number of hydrogen-bond acceptors (Lipinski definition) is 2. The molecule has 0 heterocycles. The Bertz CT molecular complexity index is 396. The molecule has 1 atom stereocenters. The first kappa shape index (κ1) is 11.2. The topological polar surface area (TPSA) is 38.0 Å². The highest BCUT2D eigenvalue weighted by Gasteiger charge is 2.21. The smallest absolute Gasteiger partial charge is 0.0421 e. The molecule has 0 amide bonds. The maximum atomic E-state index is 6.24. The van der Waals surface area contributed by atoms with Crippen molar-refractivity contribution in [3.8, 4) is 0 Å². The van der Waals surface area contributed by atoms with E-state index in [4.69, 9.17) is 5.73 Å². The van der Waals surface area contributed by atoms with Gasteiger partial charge in [-0.15, -0.1) is 0 Å². The van der Waals surface area contributed by atoms with Crippen LogP contribution in [0.15, 0.2) is 18.2 Å². The molecule has 3 rings (SSSR count). The molecule has 1 saturated carbocycles. The number of aryl methyl sites for hydroxylation is 2. The number of nitrogens with two attached hydrogens (primary N) is 1. The van der Waals surface area contributed by atoms with Gasteiger partial charge in [0.05, 0.1) is 0 Å². The molecule has 1 aromatic carbocycles. The van der Waals surface area contributed by atoms with Gasteiger partial charge in [-0.1, -0.05) is 18.2 Å². The first-order valence-corrected chi connectivity index (χ1v) is 6.93. The minimum Gasteiger partial charge on any atom is -0.323 e. The van der Waals surface area contributed by atoms with Gasteiger partial charge in [-0.2, -0.15) is 0 Å². The van der Waals surface area contributed by atoms with Crippen LogP contribution in [-0.4, -0.2) is 12.6 Å². The lowest BCUT2D eigenvalue weighted by Gasteiger charge is -2.19. The predicted octanol–water partition coefficient (Wildman–Crippen LogP) is 2.32. The summed E-state index contributed by atoms with van der Waals surface area (Å²) in [6.45, 7) is 0.920. The van der Waals surface area contributed by atoms with E-state index in [1.807, 2.05) is 0 Å². The van der Waals surface area contributed by atoms with Crippen molar-refractivity contribution in [2.75, 3.05) is 6.54 Å². The minimum absolute atomic E-state index is 0.155. The summed E-state index contributed by atoms with van der Waals surface area (Å²) in [4.78, 5) is 0. The first-order chi connectivity index (χ1) is 8.33. The molecule has 2 nitrogen and oxygen atoms in total. The first-order valence-electron chi connectivity index (χ1n) is 6.93. The molecular weight excluding hydrogens is 208 g/mol. The van der Waals surface area contributed by atoms with Crippen molar-refractivity contribution in [1.29, 1.82) is 0 Å². The van der Waals surface area contributed by atoms with Crippen LogP contribution in [0.1, 0.15) is 48.4 Å². The number of benzene rings is 1. The van der Waals surface area contributed by atoms with Gasteiger partial charge in [0.1, 0.15) is 0 Å². The van der Waals surface area contributed by atoms with E-state index in [-0.39, 0.29) is 6.04 Å². The summed E-state index contributed by atoms with van der Waals surface area (Å²) in [6, 6.07) is 7.76. The third-order valence-corrected chi connectivity index (χ3v) is 4.00. The molecule has 0 saturated heterocycles. The molecule has 2 heteroatoms. The Morgan fingerprint density at radius 1 is 1.18 bits per heavy atom. The van der Waals surface area contributed by atoms with Crippen molar-refractivity contribution in [2.24, 2.45) is 5.73 Å². The van der Waals surface area contributed by atoms with Gasteiger partial charge in [-0.3, -0.25) is 0 Å². The Labute approximate surface area is 104 Å². The second kappa shape index (κ2) is 4.79. The predicted molar refractivity (Wildman–Crippen MR) is 71.0 cm³/mol. The van der Waals surface area contributed by atoms with Crippen LogP contribution >= 0.6 is 0 Å². The molecule has 1 unspecified atom stereocenters. The van der Waals surface area contributed by atoms with Gasteiger partial charge in [0.15, 0.2) is 0 Å². The molecule has 0 spiro atoms. The highest BCUT2D eigenvalue weighted by Crippen LogP contribution is 2.25. The van der Waals surface area contributed by atoms with E-state index < -0.39 is 0 Å². The summed E-state index contributed by atoms with van der Waals surface area (Å²) in [5.41, 5.74) is 10.6. The Morgan fingerprint density at radius 3 is 2.71 bits per heavy atom. The second-order valence-electron chi connectivity index (χ2n) is 5.52. The van der Waals surface area contributed by atoms with Gasteiger partial charge in [-0.05, 0) is 55.2 Å². The SMILES string of the molecule is NC(CNC1CC1)c1ccc2c(c1)CCCC2. The molecule has 1 aromatic rings. The quantitative estimate of drug-likeness (QED) is 0.833. The van der Waals surface area contributed by atoms with Crippen molar-refractivity contribution in [2.45, 2.75) is 50.6 Å². The van der Waals surface area contributed by atoms with E-state index in [0.717, 1.165) is 12.6 Å². The molecule has 2 aliphatic carbocycles. The van der Waals surface area contributed by atoms with E-state index in [1.165, 1.54) is 49.7 Å². The maximum Gasteiger partial charge on any atom is 0.0421 e. The van der Waals surface area contributed by atoms with Crippen molar-refractivity contribution in [3.63, 3.8) is 0 Å². The fraction of sp³-hybridized carbons (Fsp3) is 0.600. The number of rotatable bonds is 4. The van der Waals surface area contributed by atoms with Gasteiger partial charge >= 0.3 is 0 Å². The van der Waals surface area contributed by atoms with E-state index in [1.54, 1.807) is 5.56 Å². The molecule has 0 radical (unpaired) electrons. The van der Waals surface area contributed by atoms with Crippen LogP contribution in [0, 0.1) is 0 Å². The summed E-state index contributed by atoms with van der Waals surface area (Å²) in [7, 11) is 0. The Hall–Kier alpha value is -0.860. The van der Waals surface area contributed by atoms with E-state index >= 15 is 0 Å². The Balaban J connectivity index is 1.68. The number of hydrogen-bond donors (Lipinski definition) is 2. The van der Waals surface area contributed by atoms with E-state index in [2.05, 4.69) is 23.5 Å². The molecule has 92 valence electrons. The Morgan fingerprint density at radius 2 is 1.94 bits per heavy atom. The molecular formula is C15H22N2. The monoisotopic (exact) mass is 230 g/mol. The molecule has 17 heavy (non-hydrogen) atoms. The standard InChI is InChI=1S/C15H22N2/c16-15(10-17-14-7-8-14)13-6-5-11-3-1-2-4-12(11)9-13/h5-6,9,14-15,17H,1-4,7-8,10,16H2. The summed E-state index contributed by atoms with van der Waals surface area (Å²) < 4.78 is 0. The van der Waals surface area contributed by atoms with E-state index in [0.29, 0.717) is 0 Å². The third-order valence-electron chi connectivity index (χ3n) is 4.00. The second-order valence-corrected chi connectivity index (χ2v) is 5.52. The summed E-state index contributed by atoms with van der Waals surface area (Å²) in [6.07, 6.45) is 7.85. The molecule has 3 N–H and O–H groups in total. The fourth-order valence-electron chi connectivity index (χ4n) is 2.68. The zero-order valence-corrected chi connectivity index (χ0v) is 10.4. The number of nitrogens with one attached hydrogen (secondary N) is 1. The van der Waals surface area contributed by atoms with Crippen LogP contribution < -0.4 is 11.1 Å². The molecule has 0 aromatic heterocycles. The zero-order valence-electron chi connectivity index (χ0n) is 10.4. The highest BCUT2D eigenvalue weighted by atomic mass is 15.0. The molecule has 1 fully saturated rings. The van der Waals surface area contributed by atoms with Gasteiger partial charge in [0.2, 0.25) is 0 Å². The third kappa shape index (κ3) is 2.70. The molecule has 0 bridgehead atoms. The Kier molecular flexibility index (Phi) is 3.17. The van der Waals surface area contributed by atoms with Crippen molar-refractivity contribution in [3.05, 3.63) is 34.9 Å². The van der Waals surface area contributed by atoms with E-state index in [9.17, 15) is 0 Å². The lowest BCUT2D eigenvalue weighted by molar-refractivity contribution is 0.593.